The fraction of sp³-hybridized carbons (Fsp3) is 0.391. The fourth-order valence-electron chi connectivity index (χ4n) is 4.11. The van der Waals surface area contributed by atoms with E-state index in [2.05, 4.69) is 11.4 Å². The van der Waals surface area contributed by atoms with Crippen LogP contribution in [-0.4, -0.2) is 40.6 Å². The molecule has 1 aliphatic carbocycles. The molecule has 3 heterocycles. The number of piperidine rings is 1. The van der Waals surface area contributed by atoms with E-state index < -0.39 is 0 Å². The molecule has 1 atom stereocenters. The number of anilines is 1. The summed E-state index contributed by atoms with van der Waals surface area (Å²) in [6, 6.07) is 11.4. The van der Waals surface area contributed by atoms with Gasteiger partial charge in [-0.2, -0.15) is 5.26 Å². The van der Waals surface area contributed by atoms with Gasteiger partial charge in [-0.1, -0.05) is 18.2 Å². The lowest BCUT2D eigenvalue weighted by molar-refractivity contribution is 0.0955. The lowest BCUT2D eigenvalue weighted by Gasteiger charge is -2.33. The first kappa shape index (κ1) is 20.7. The van der Waals surface area contributed by atoms with Crippen LogP contribution in [0.15, 0.2) is 35.1 Å². The van der Waals surface area contributed by atoms with Crippen LogP contribution in [0.5, 0.6) is 0 Å². The van der Waals surface area contributed by atoms with Crippen molar-refractivity contribution in [2.45, 2.75) is 44.3 Å². The summed E-state index contributed by atoms with van der Waals surface area (Å²) in [6.07, 6.45) is 3.85. The zero-order chi connectivity index (χ0) is 22.2. The lowest BCUT2D eigenvalue weighted by atomic mass is 10.1. The van der Waals surface area contributed by atoms with Crippen molar-refractivity contribution in [3.05, 3.63) is 56.7 Å². The van der Waals surface area contributed by atoms with Crippen LogP contribution in [0.3, 0.4) is 0 Å². The summed E-state index contributed by atoms with van der Waals surface area (Å²) in [7, 11) is 0. The van der Waals surface area contributed by atoms with Crippen molar-refractivity contribution in [1.82, 2.24) is 14.9 Å². The van der Waals surface area contributed by atoms with Gasteiger partial charge in [0.25, 0.3) is 11.5 Å². The molecule has 0 bridgehead atoms. The average Bonchev–Trinajstić information content (AvgIpc) is 3.50. The minimum atomic E-state index is -0.202. The van der Waals surface area contributed by atoms with Crippen molar-refractivity contribution < 1.29 is 4.79 Å². The molecule has 1 unspecified atom stereocenters. The van der Waals surface area contributed by atoms with Crippen molar-refractivity contribution in [2.24, 2.45) is 5.73 Å². The van der Waals surface area contributed by atoms with Crippen LogP contribution in [0.2, 0.25) is 0 Å². The monoisotopic (exact) mass is 448 g/mol. The molecule has 2 aliphatic rings. The Morgan fingerprint density at radius 3 is 2.88 bits per heavy atom. The van der Waals surface area contributed by atoms with Crippen LogP contribution in [0.25, 0.3) is 10.2 Å². The zero-order valence-electron chi connectivity index (χ0n) is 17.6. The molecule has 1 saturated heterocycles. The Hall–Kier alpha value is -3.22. The summed E-state index contributed by atoms with van der Waals surface area (Å²) in [5.41, 5.74) is 7.81. The van der Waals surface area contributed by atoms with Gasteiger partial charge in [0.2, 0.25) is 5.95 Å². The lowest BCUT2D eigenvalue weighted by Crippen LogP contribution is -2.45. The van der Waals surface area contributed by atoms with E-state index in [-0.39, 0.29) is 30.1 Å². The van der Waals surface area contributed by atoms with E-state index in [0.29, 0.717) is 33.2 Å². The molecule has 164 valence electrons. The van der Waals surface area contributed by atoms with Crippen molar-refractivity contribution in [2.75, 3.05) is 18.0 Å². The summed E-state index contributed by atoms with van der Waals surface area (Å²) < 4.78 is 2.07. The Labute approximate surface area is 189 Å². The van der Waals surface area contributed by atoms with Crippen LogP contribution in [0, 0.1) is 11.3 Å². The maximum Gasteiger partial charge on any atom is 0.273 e. The highest BCUT2D eigenvalue weighted by Gasteiger charge is 2.27. The minimum Gasteiger partial charge on any atom is -0.349 e. The van der Waals surface area contributed by atoms with Crippen LogP contribution in [-0.2, 0) is 6.54 Å². The molecule has 32 heavy (non-hydrogen) atoms. The van der Waals surface area contributed by atoms with E-state index in [1.807, 2.05) is 17.0 Å². The number of amides is 1. The number of benzene rings is 1. The highest BCUT2D eigenvalue weighted by Crippen LogP contribution is 2.27. The van der Waals surface area contributed by atoms with Crippen molar-refractivity contribution in [3.63, 3.8) is 0 Å². The predicted molar refractivity (Wildman–Crippen MR) is 124 cm³/mol. The molecule has 0 radical (unpaired) electrons. The zero-order valence-corrected chi connectivity index (χ0v) is 18.4. The van der Waals surface area contributed by atoms with E-state index in [9.17, 15) is 14.9 Å². The summed E-state index contributed by atoms with van der Waals surface area (Å²) in [5.74, 6) is 0.384. The summed E-state index contributed by atoms with van der Waals surface area (Å²) in [6.45, 7) is 1.59. The highest BCUT2D eigenvalue weighted by molar-refractivity contribution is 7.20. The third-order valence-corrected chi connectivity index (χ3v) is 7.07. The summed E-state index contributed by atoms with van der Waals surface area (Å²) in [4.78, 5) is 33.5. The molecule has 2 aromatic heterocycles. The first-order chi connectivity index (χ1) is 15.5. The van der Waals surface area contributed by atoms with Gasteiger partial charge >= 0.3 is 0 Å². The van der Waals surface area contributed by atoms with E-state index in [0.717, 1.165) is 37.8 Å². The number of thiophene rings is 1. The van der Waals surface area contributed by atoms with Gasteiger partial charge in [-0.25, -0.2) is 4.98 Å². The standard InChI is InChI=1S/C23H24N6O2S/c24-11-14-4-1-2-5-15(14)12-29-22(31)20-18(10-19(32-20)21(30)26-17-7-8-17)27-23(29)28-9-3-6-16(25)13-28/h1-2,4-5,10,16-17H,3,6-9,12-13,25H2,(H,26,30). The van der Waals surface area contributed by atoms with Gasteiger partial charge in [-0.05, 0) is 43.4 Å². The van der Waals surface area contributed by atoms with Gasteiger partial charge in [-0.15, -0.1) is 11.3 Å². The van der Waals surface area contributed by atoms with Crippen molar-refractivity contribution in [1.29, 1.82) is 5.26 Å². The molecule has 2 fully saturated rings. The number of rotatable bonds is 5. The number of hydrogen-bond acceptors (Lipinski definition) is 7. The minimum absolute atomic E-state index is 0.0125. The van der Waals surface area contributed by atoms with E-state index >= 15 is 0 Å². The van der Waals surface area contributed by atoms with Crippen LogP contribution >= 0.6 is 11.3 Å². The smallest absolute Gasteiger partial charge is 0.273 e. The van der Waals surface area contributed by atoms with Gasteiger partial charge in [0.05, 0.1) is 28.6 Å². The van der Waals surface area contributed by atoms with Gasteiger partial charge in [-0.3, -0.25) is 14.2 Å². The molecule has 5 rings (SSSR count). The quantitative estimate of drug-likeness (QED) is 0.618. The predicted octanol–water partition coefficient (Wildman–Crippen LogP) is 2.20. The van der Waals surface area contributed by atoms with E-state index in [1.54, 1.807) is 22.8 Å². The third-order valence-electron chi connectivity index (χ3n) is 5.96. The molecule has 9 heteroatoms. The largest absolute Gasteiger partial charge is 0.349 e. The second kappa shape index (κ2) is 8.37. The number of nitrogens with one attached hydrogen (secondary N) is 1. The topological polar surface area (TPSA) is 117 Å². The van der Waals surface area contributed by atoms with Gasteiger partial charge in [0.1, 0.15) is 4.70 Å². The summed E-state index contributed by atoms with van der Waals surface area (Å²) >= 11 is 1.18. The van der Waals surface area contributed by atoms with Crippen LogP contribution < -0.4 is 21.5 Å². The molecule has 0 spiro atoms. The number of nitriles is 1. The second-order valence-corrected chi connectivity index (χ2v) is 9.55. The van der Waals surface area contributed by atoms with Crippen LogP contribution in [0.4, 0.5) is 5.95 Å². The molecule has 1 amide bonds. The van der Waals surface area contributed by atoms with E-state index in [4.69, 9.17) is 10.7 Å². The Balaban J connectivity index is 1.62. The Morgan fingerprint density at radius 1 is 1.31 bits per heavy atom. The first-order valence-electron chi connectivity index (χ1n) is 10.9. The number of carbonyl (C=O) groups is 1. The molecule has 1 saturated carbocycles. The van der Waals surface area contributed by atoms with Crippen molar-refractivity contribution in [3.8, 4) is 6.07 Å². The highest BCUT2D eigenvalue weighted by atomic mass is 32.1. The molecule has 3 aromatic rings. The maximum atomic E-state index is 13.6. The van der Waals surface area contributed by atoms with Crippen LogP contribution in [0.1, 0.15) is 46.5 Å². The number of carbonyl (C=O) groups excluding carboxylic acids is 1. The van der Waals surface area contributed by atoms with Gasteiger partial charge < -0.3 is 16.0 Å². The van der Waals surface area contributed by atoms with E-state index in [1.165, 1.54) is 11.3 Å². The Morgan fingerprint density at radius 2 is 2.12 bits per heavy atom. The number of aromatic nitrogens is 2. The molecular formula is C23H24N6O2S. The third kappa shape index (κ3) is 3.99. The molecule has 8 nitrogen and oxygen atoms in total. The molecule has 1 aliphatic heterocycles. The van der Waals surface area contributed by atoms with Gasteiger partial charge in [0.15, 0.2) is 0 Å². The summed E-state index contributed by atoms with van der Waals surface area (Å²) in [5, 5.41) is 12.5. The SMILES string of the molecule is N#Cc1ccccc1Cn1c(N2CCCC(N)C2)nc2cc(C(=O)NC3CC3)sc2c1=O. The molecule has 3 N–H and O–H groups in total. The number of nitrogens with zero attached hydrogens (tertiary/aromatic N) is 4. The fourth-order valence-corrected chi connectivity index (χ4v) is 5.06. The molecular weight excluding hydrogens is 424 g/mol. The average molecular weight is 449 g/mol. The normalized spacial score (nSPS) is 18.5. The Bertz CT molecular complexity index is 1290. The Kier molecular flexibility index (Phi) is 5.41. The number of hydrogen-bond donors (Lipinski definition) is 2. The number of nitrogens with two attached hydrogens (primary N) is 1. The second-order valence-electron chi connectivity index (χ2n) is 8.49. The van der Waals surface area contributed by atoms with Gasteiger partial charge in [0, 0.05) is 25.2 Å². The van der Waals surface area contributed by atoms with Crippen molar-refractivity contribution >= 4 is 33.4 Å². The molecule has 1 aromatic carbocycles. The maximum absolute atomic E-state index is 13.6. The first-order valence-corrected chi connectivity index (χ1v) is 11.7. The number of fused-ring (bicyclic) bond motifs is 1.